The van der Waals surface area contributed by atoms with Gasteiger partial charge in [0.25, 0.3) is 5.91 Å². The van der Waals surface area contributed by atoms with Crippen molar-refractivity contribution in [3.63, 3.8) is 0 Å². The molecule has 0 spiro atoms. The minimum atomic E-state index is -0.336. The van der Waals surface area contributed by atoms with Gasteiger partial charge in [-0.3, -0.25) is 4.79 Å². The molecule has 0 heterocycles. The number of benzene rings is 3. The predicted octanol–water partition coefficient (Wildman–Crippen LogP) is 4.13. The Morgan fingerprint density at radius 1 is 0.897 bits per heavy atom. The Labute approximate surface area is 172 Å². The molecule has 29 heavy (non-hydrogen) atoms. The normalized spacial score (nSPS) is 12.8. The number of ether oxygens (including phenoxy) is 1. The number of hydrogen-bond donors (Lipinski definition) is 2. The number of nitrogens with one attached hydrogen (secondary N) is 1. The molecule has 0 fully saturated rings. The number of amides is 1. The third-order valence-corrected chi connectivity index (χ3v) is 4.98. The number of nitrogens with two attached hydrogens (primary N) is 1. The highest BCUT2D eigenvalue weighted by Gasteiger charge is 2.25. The van der Waals surface area contributed by atoms with Gasteiger partial charge in [-0.15, -0.1) is 0 Å². The van der Waals surface area contributed by atoms with Crippen LogP contribution >= 0.6 is 0 Å². The van der Waals surface area contributed by atoms with Crippen molar-refractivity contribution in [3.05, 3.63) is 96.1 Å². The number of quaternary nitrogens is 1. The minimum Gasteiger partial charge on any atom is -0.492 e. The molecular weight excluding hydrogens is 360 g/mol. The number of hydrogen-bond acceptors (Lipinski definition) is 2. The molecule has 0 unspecified atom stereocenters. The average Bonchev–Trinajstić information content (AvgIpc) is 2.76. The van der Waals surface area contributed by atoms with E-state index in [0.717, 1.165) is 12.1 Å². The second-order valence-electron chi connectivity index (χ2n) is 7.09. The maximum Gasteiger partial charge on any atom is 0.287 e. The van der Waals surface area contributed by atoms with Crippen LogP contribution in [0.4, 0.5) is 5.69 Å². The van der Waals surface area contributed by atoms with E-state index in [-0.39, 0.29) is 11.9 Å². The molecule has 0 aromatic heterocycles. The van der Waals surface area contributed by atoms with Gasteiger partial charge in [-0.25, -0.2) is 0 Å². The molecule has 0 bridgehead atoms. The smallest absolute Gasteiger partial charge is 0.287 e. The molecule has 2 atom stereocenters. The first kappa shape index (κ1) is 20.6. The van der Waals surface area contributed by atoms with E-state index in [1.54, 1.807) is 0 Å². The Balaban J connectivity index is 1.76. The van der Waals surface area contributed by atoms with Crippen molar-refractivity contribution >= 4 is 11.6 Å². The van der Waals surface area contributed by atoms with Gasteiger partial charge in [-0.05, 0) is 24.6 Å². The molecule has 0 aliphatic heterocycles. The van der Waals surface area contributed by atoms with Crippen molar-refractivity contribution < 1.29 is 14.8 Å². The summed E-state index contributed by atoms with van der Waals surface area (Å²) in [7, 11) is 0. The lowest BCUT2D eigenvalue weighted by Crippen LogP contribution is -2.88. The summed E-state index contributed by atoms with van der Waals surface area (Å²) in [6.45, 7) is 5.49. The predicted molar refractivity (Wildman–Crippen MR) is 117 cm³/mol. The molecule has 3 N–H and O–H groups in total. The van der Waals surface area contributed by atoms with Crippen LogP contribution in [0.5, 0.6) is 5.75 Å². The third kappa shape index (κ3) is 5.69. The molecule has 4 nitrogen and oxygen atoms in total. The van der Waals surface area contributed by atoms with Crippen LogP contribution < -0.4 is 15.4 Å². The summed E-state index contributed by atoms with van der Waals surface area (Å²) < 4.78 is 5.65. The van der Waals surface area contributed by atoms with Gasteiger partial charge in [0, 0.05) is 11.5 Å². The fraction of sp³-hybridized carbons (Fsp3) is 0.240. The zero-order valence-electron chi connectivity index (χ0n) is 17.0. The van der Waals surface area contributed by atoms with Gasteiger partial charge in [0.05, 0.1) is 18.8 Å². The van der Waals surface area contributed by atoms with E-state index < -0.39 is 0 Å². The Morgan fingerprint density at radius 2 is 1.48 bits per heavy atom. The Kier molecular flexibility index (Phi) is 7.42. The van der Waals surface area contributed by atoms with E-state index in [4.69, 9.17) is 4.74 Å². The van der Waals surface area contributed by atoms with Crippen LogP contribution in [0.3, 0.4) is 0 Å². The molecular formula is C25H29N2O2+. The second kappa shape index (κ2) is 10.4. The molecule has 4 heteroatoms. The number of carbonyl (C=O) groups excluding carboxylic acids is 1. The Hall–Kier alpha value is -3.11. The Morgan fingerprint density at radius 3 is 2.14 bits per heavy atom. The van der Waals surface area contributed by atoms with E-state index in [9.17, 15) is 4.79 Å². The largest absolute Gasteiger partial charge is 0.492 e. The van der Waals surface area contributed by atoms with Crippen molar-refractivity contribution in [1.82, 2.24) is 0 Å². The first-order chi connectivity index (χ1) is 14.2. The van der Waals surface area contributed by atoms with Crippen LogP contribution in [-0.4, -0.2) is 19.1 Å². The fourth-order valence-electron chi connectivity index (χ4n) is 3.37. The summed E-state index contributed by atoms with van der Waals surface area (Å²) >= 11 is 0. The lowest BCUT2D eigenvalue weighted by atomic mass is 9.99. The van der Waals surface area contributed by atoms with Crippen molar-refractivity contribution in [2.75, 3.05) is 18.5 Å². The van der Waals surface area contributed by atoms with Crippen molar-refractivity contribution in [3.8, 4) is 5.75 Å². The highest BCUT2D eigenvalue weighted by molar-refractivity contribution is 5.95. The zero-order chi connectivity index (χ0) is 20.5. The van der Waals surface area contributed by atoms with Gasteiger partial charge in [-0.2, -0.15) is 0 Å². The first-order valence-electron chi connectivity index (χ1n) is 10.1. The van der Waals surface area contributed by atoms with Crippen LogP contribution in [0.15, 0.2) is 84.9 Å². The molecule has 0 saturated carbocycles. The molecule has 0 radical (unpaired) electrons. The van der Waals surface area contributed by atoms with Crippen LogP contribution in [0, 0.1) is 0 Å². The quantitative estimate of drug-likeness (QED) is 0.578. The van der Waals surface area contributed by atoms with Crippen LogP contribution in [0.2, 0.25) is 0 Å². The maximum absolute atomic E-state index is 13.2. The molecule has 3 rings (SSSR count). The van der Waals surface area contributed by atoms with Gasteiger partial charge in [0.15, 0.2) is 6.04 Å². The molecule has 0 aliphatic carbocycles. The summed E-state index contributed by atoms with van der Waals surface area (Å²) in [5, 5.41) is 5.18. The monoisotopic (exact) mass is 389 g/mol. The second-order valence-corrected chi connectivity index (χ2v) is 7.09. The zero-order valence-corrected chi connectivity index (χ0v) is 17.0. The highest BCUT2D eigenvalue weighted by Crippen LogP contribution is 2.25. The van der Waals surface area contributed by atoms with Gasteiger partial charge in [0.1, 0.15) is 5.75 Å². The fourth-order valence-corrected chi connectivity index (χ4v) is 3.37. The maximum atomic E-state index is 13.2. The molecule has 150 valence electrons. The number of carbonyl (C=O) groups is 1. The Bertz CT molecular complexity index is 897. The lowest BCUT2D eigenvalue weighted by Gasteiger charge is -2.19. The first-order valence-corrected chi connectivity index (χ1v) is 10.1. The molecule has 1 amide bonds. The summed E-state index contributed by atoms with van der Waals surface area (Å²) in [6, 6.07) is 27.5. The summed E-state index contributed by atoms with van der Waals surface area (Å²) in [4.78, 5) is 13.2. The van der Waals surface area contributed by atoms with Crippen LogP contribution in [0.1, 0.15) is 36.9 Å². The summed E-state index contributed by atoms with van der Waals surface area (Å²) in [6.07, 6.45) is 0. The van der Waals surface area contributed by atoms with E-state index in [2.05, 4.69) is 41.8 Å². The van der Waals surface area contributed by atoms with Gasteiger partial charge in [0.2, 0.25) is 0 Å². The molecule has 0 saturated heterocycles. The van der Waals surface area contributed by atoms with E-state index in [1.165, 1.54) is 5.56 Å². The molecule has 0 aliphatic rings. The SMILES string of the molecule is CCOc1ccccc1NC(=O)[C@H]([NH2+]C[C@@H](C)c1ccccc1)c1ccccc1. The van der Waals surface area contributed by atoms with Crippen LogP contribution in [-0.2, 0) is 4.79 Å². The van der Waals surface area contributed by atoms with Gasteiger partial charge >= 0.3 is 0 Å². The summed E-state index contributed by atoms with van der Waals surface area (Å²) in [5.74, 6) is 0.974. The number of rotatable bonds is 9. The minimum absolute atomic E-state index is 0.0522. The van der Waals surface area contributed by atoms with Crippen molar-refractivity contribution in [2.24, 2.45) is 0 Å². The molecule has 3 aromatic carbocycles. The molecule has 3 aromatic rings. The number of para-hydroxylation sites is 2. The lowest BCUT2D eigenvalue weighted by molar-refractivity contribution is -0.684. The average molecular weight is 390 g/mol. The van der Waals surface area contributed by atoms with Gasteiger partial charge in [-0.1, -0.05) is 79.7 Å². The topological polar surface area (TPSA) is 54.9 Å². The van der Waals surface area contributed by atoms with E-state index in [0.29, 0.717) is 24.0 Å². The van der Waals surface area contributed by atoms with Crippen LogP contribution in [0.25, 0.3) is 0 Å². The highest BCUT2D eigenvalue weighted by atomic mass is 16.5. The van der Waals surface area contributed by atoms with E-state index in [1.807, 2.05) is 67.6 Å². The van der Waals surface area contributed by atoms with E-state index >= 15 is 0 Å². The van der Waals surface area contributed by atoms with Crippen molar-refractivity contribution in [1.29, 1.82) is 0 Å². The van der Waals surface area contributed by atoms with Crippen molar-refractivity contribution in [2.45, 2.75) is 25.8 Å². The summed E-state index contributed by atoms with van der Waals surface area (Å²) in [5.41, 5.74) is 2.96. The standard InChI is InChI=1S/C25H28N2O2/c1-3-29-23-17-11-10-16-22(23)27-25(28)24(21-14-8-5-9-15-21)26-18-19(2)20-12-6-4-7-13-20/h4-17,19,24,26H,3,18H2,1-2H3,(H,27,28)/p+1/t19-,24-/m1/s1. The third-order valence-electron chi connectivity index (χ3n) is 4.98. The van der Waals surface area contributed by atoms with Gasteiger partial charge < -0.3 is 15.4 Å². The number of anilines is 1.